The largest absolute Gasteiger partial charge is 0.463 e. The summed E-state index contributed by atoms with van der Waals surface area (Å²) in [4.78, 5) is 18.0. The van der Waals surface area contributed by atoms with E-state index in [1.54, 1.807) is 18.4 Å². The average molecular weight is 425 g/mol. The topological polar surface area (TPSA) is 62.7 Å². The third kappa shape index (κ3) is 8.92. The van der Waals surface area contributed by atoms with Crippen molar-refractivity contribution in [3.8, 4) is 0 Å². The van der Waals surface area contributed by atoms with Crippen LogP contribution in [0.15, 0.2) is 17.1 Å². The summed E-state index contributed by atoms with van der Waals surface area (Å²) in [5.41, 5.74) is 0. The highest BCUT2D eigenvalue weighted by atomic mass is 127. The maximum atomic E-state index is 11.4. The molecular formula is C14H24IN3O2S. The van der Waals surface area contributed by atoms with Crippen LogP contribution < -0.4 is 10.6 Å². The molecule has 1 rings (SSSR count). The highest BCUT2D eigenvalue weighted by molar-refractivity contribution is 14.0. The van der Waals surface area contributed by atoms with Gasteiger partial charge in [-0.1, -0.05) is 0 Å². The number of rotatable bonds is 6. The Hall–Kier alpha value is -0.830. The van der Waals surface area contributed by atoms with E-state index in [-0.39, 0.29) is 36.0 Å². The van der Waals surface area contributed by atoms with E-state index >= 15 is 0 Å². The summed E-state index contributed by atoms with van der Waals surface area (Å²) in [6.45, 7) is 7.01. The Morgan fingerprint density at radius 3 is 2.62 bits per heavy atom. The molecule has 0 saturated heterocycles. The standard InChI is InChI=1S/C14H23N3O2S.HI/c1-10(2)19-13(18)7-8-16-14(15-4)17-9-12-6-5-11(3)20-12;/h5-6,10H,7-9H2,1-4H3,(H2,15,16,17);1H. The SMILES string of the molecule is CN=C(NCCC(=O)OC(C)C)NCc1ccc(C)s1.I. The number of ether oxygens (including phenoxy) is 1. The van der Waals surface area contributed by atoms with Crippen molar-refractivity contribution in [2.45, 2.75) is 39.8 Å². The number of aryl methyl sites for hydroxylation is 1. The number of hydrogen-bond donors (Lipinski definition) is 2. The molecule has 0 aromatic carbocycles. The molecule has 1 aromatic rings. The number of nitrogens with zero attached hydrogens (tertiary/aromatic N) is 1. The monoisotopic (exact) mass is 425 g/mol. The lowest BCUT2D eigenvalue weighted by molar-refractivity contribution is -0.147. The first-order chi connectivity index (χ1) is 9.51. The fourth-order valence-electron chi connectivity index (χ4n) is 1.58. The molecule has 0 radical (unpaired) electrons. The Morgan fingerprint density at radius 1 is 1.38 bits per heavy atom. The lowest BCUT2D eigenvalue weighted by Crippen LogP contribution is -2.37. The number of carbonyl (C=O) groups is 1. The summed E-state index contributed by atoms with van der Waals surface area (Å²) in [6.07, 6.45) is 0.263. The summed E-state index contributed by atoms with van der Waals surface area (Å²) in [7, 11) is 1.71. The van der Waals surface area contributed by atoms with Gasteiger partial charge < -0.3 is 15.4 Å². The Labute approximate surface area is 147 Å². The van der Waals surface area contributed by atoms with E-state index in [1.807, 2.05) is 13.8 Å². The third-order valence-electron chi connectivity index (χ3n) is 2.44. The van der Waals surface area contributed by atoms with Crippen molar-refractivity contribution < 1.29 is 9.53 Å². The molecule has 0 fully saturated rings. The molecule has 0 amide bonds. The van der Waals surface area contributed by atoms with Gasteiger partial charge in [0.15, 0.2) is 5.96 Å². The highest BCUT2D eigenvalue weighted by Gasteiger charge is 2.06. The molecule has 2 N–H and O–H groups in total. The van der Waals surface area contributed by atoms with Crippen LogP contribution in [0.1, 0.15) is 30.0 Å². The minimum atomic E-state index is -0.197. The lowest BCUT2D eigenvalue weighted by Gasteiger charge is -2.12. The van der Waals surface area contributed by atoms with Gasteiger partial charge in [0.25, 0.3) is 0 Å². The molecule has 0 aliphatic carbocycles. The first-order valence-corrected chi connectivity index (χ1v) is 7.52. The zero-order valence-corrected chi connectivity index (χ0v) is 16.1. The zero-order chi connectivity index (χ0) is 15.0. The number of aliphatic imine (C=N–C) groups is 1. The first kappa shape index (κ1) is 20.2. The number of esters is 1. The van der Waals surface area contributed by atoms with Gasteiger partial charge in [0.1, 0.15) is 0 Å². The molecule has 0 aliphatic rings. The Kier molecular flexibility index (Phi) is 10.4. The quantitative estimate of drug-likeness (QED) is 0.319. The van der Waals surface area contributed by atoms with Crippen LogP contribution in [-0.4, -0.2) is 31.6 Å². The number of hydrogen-bond acceptors (Lipinski definition) is 4. The van der Waals surface area contributed by atoms with Gasteiger partial charge >= 0.3 is 5.97 Å². The molecule has 1 aromatic heterocycles. The van der Waals surface area contributed by atoms with Crippen molar-refractivity contribution in [2.75, 3.05) is 13.6 Å². The smallest absolute Gasteiger partial charge is 0.307 e. The number of thiophene rings is 1. The zero-order valence-electron chi connectivity index (χ0n) is 12.9. The van der Waals surface area contributed by atoms with Gasteiger partial charge in [0.05, 0.1) is 19.1 Å². The van der Waals surface area contributed by atoms with Crippen LogP contribution in [0.25, 0.3) is 0 Å². The molecule has 0 bridgehead atoms. The van der Waals surface area contributed by atoms with Gasteiger partial charge in [-0.2, -0.15) is 0 Å². The van der Waals surface area contributed by atoms with E-state index < -0.39 is 0 Å². The van der Waals surface area contributed by atoms with Crippen LogP contribution in [-0.2, 0) is 16.1 Å². The second-order valence-corrected chi connectivity index (χ2v) is 6.03. The fraction of sp³-hybridized carbons (Fsp3) is 0.571. The molecule has 0 saturated carbocycles. The molecule has 7 heteroatoms. The summed E-state index contributed by atoms with van der Waals surface area (Å²) in [5.74, 6) is 0.491. The minimum absolute atomic E-state index is 0. The number of guanidine groups is 1. The summed E-state index contributed by atoms with van der Waals surface area (Å²) in [5, 5.41) is 6.30. The Bertz CT molecular complexity index is 461. The molecule has 5 nitrogen and oxygen atoms in total. The Balaban J connectivity index is 0.00000400. The second-order valence-electron chi connectivity index (χ2n) is 4.65. The molecule has 21 heavy (non-hydrogen) atoms. The maximum Gasteiger partial charge on any atom is 0.307 e. The van der Waals surface area contributed by atoms with E-state index in [9.17, 15) is 4.79 Å². The van der Waals surface area contributed by atoms with Gasteiger partial charge in [-0.05, 0) is 32.9 Å². The Morgan fingerprint density at radius 2 is 2.10 bits per heavy atom. The van der Waals surface area contributed by atoms with Crippen molar-refractivity contribution in [1.82, 2.24) is 10.6 Å². The van der Waals surface area contributed by atoms with Crippen molar-refractivity contribution >= 4 is 47.2 Å². The molecule has 1 heterocycles. The van der Waals surface area contributed by atoms with E-state index in [0.29, 0.717) is 18.9 Å². The van der Waals surface area contributed by atoms with Crippen LogP contribution in [0.4, 0.5) is 0 Å². The molecule has 0 spiro atoms. The molecule has 0 atom stereocenters. The van der Waals surface area contributed by atoms with Gasteiger partial charge in [-0.3, -0.25) is 9.79 Å². The predicted octanol–water partition coefficient (Wildman–Crippen LogP) is 2.68. The number of halogens is 1. The molecule has 120 valence electrons. The van der Waals surface area contributed by atoms with Crippen molar-refractivity contribution in [1.29, 1.82) is 0 Å². The molecule has 0 aliphatic heterocycles. The molecular weight excluding hydrogens is 401 g/mol. The normalized spacial score (nSPS) is 11.0. The minimum Gasteiger partial charge on any atom is -0.463 e. The average Bonchev–Trinajstić information content (AvgIpc) is 2.78. The van der Waals surface area contributed by atoms with Crippen molar-refractivity contribution in [2.24, 2.45) is 4.99 Å². The van der Waals surface area contributed by atoms with Crippen LogP contribution >= 0.6 is 35.3 Å². The van der Waals surface area contributed by atoms with Gasteiger partial charge in [-0.15, -0.1) is 35.3 Å². The van der Waals surface area contributed by atoms with Crippen LogP contribution in [0.3, 0.4) is 0 Å². The number of carbonyl (C=O) groups excluding carboxylic acids is 1. The van der Waals surface area contributed by atoms with Gasteiger partial charge in [0, 0.05) is 23.3 Å². The van der Waals surface area contributed by atoms with E-state index in [2.05, 4.69) is 34.7 Å². The van der Waals surface area contributed by atoms with E-state index in [0.717, 1.165) is 6.54 Å². The van der Waals surface area contributed by atoms with E-state index in [4.69, 9.17) is 4.74 Å². The summed E-state index contributed by atoms with van der Waals surface area (Å²) >= 11 is 1.76. The van der Waals surface area contributed by atoms with Crippen molar-refractivity contribution in [3.63, 3.8) is 0 Å². The highest BCUT2D eigenvalue weighted by Crippen LogP contribution is 2.14. The first-order valence-electron chi connectivity index (χ1n) is 6.70. The van der Waals surface area contributed by atoms with E-state index in [1.165, 1.54) is 9.75 Å². The fourth-order valence-corrected chi connectivity index (χ4v) is 2.41. The van der Waals surface area contributed by atoms with Gasteiger partial charge in [-0.25, -0.2) is 0 Å². The van der Waals surface area contributed by atoms with Crippen LogP contribution in [0, 0.1) is 6.92 Å². The molecule has 0 unspecified atom stereocenters. The predicted molar refractivity (Wildman–Crippen MR) is 98.5 cm³/mol. The lowest BCUT2D eigenvalue weighted by atomic mass is 10.4. The van der Waals surface area contributed by atoms with Crippen LogP contribution in [0.5, 0.6) is 0 Å². The van der Waals surface area contributed by atoms with Gasteiger partial charge in [0.2, 0.25) is 0 Å². The number of nitrogens with one attached hydrogen (secondary N) is 2. The van der Waals surface area contributed by atoms with Crippen molar-refractivity contribution in [3.05, 3.63) is 21.9 Å². The third-order valence-corrected chi connectivity index (χ3v) is 3.44. The summed E-state index contributed by atoms with van der Waals surface area (Å²) in [6, 6.07) is 4.19. The van der Waals surface area contributed by atoms with Crippen LogP contribution in [0.2, 0.25) is 0 Å². The second kappa shape index (κ2) is 10.8. The summed E-state index contributed by atoms with van der Waals surface area (Å²) < 4.78 is 5.06. The maximum absolute atomic E-state index is 11.4.